The topological polar surface area (TPSA) is 46.2 Å². The summed E-state index contributed by atoms with van der Waals surface area (Å²) in [5.74, 6) is -0.157. The Morgan fingerprint density at radius 2 is 1.90 bits per heavy atom. The summed E-state index contributed by atoms with van der Waals surface area (Å²) < 4.78 is 0. The summed E-state index contributed by atoms with van der Waals surface area (Å²) >= 11 is 6.03. The van der Waals surface area contributed by atoms with Crippen molar-refractivity contribution in [1.29, 1.82) is 0 Å². The highest BCUT2D eigenvalue weighted by atomic mass is 35.5. The van der Waals surface area contributed by atoms with Gasteiger partial charge in [-0.15, -0.1) is 0 Å². The normalized spacial score (nSPS) is 14.1. The number of nitrogens with two attached hydrogens (primary N) is 1. The summed E-state index contributed by atoms with van der Waals surface area (Å²) in [7, 11) is 0. The smallest absolute Gasteiger partial charge is 0.0873 e. The lowest BCUT2D eigenvalue weighted by atomic mass is 9.87. The fraction of sp³-hybridized carbons (Fsp3) is 0.294. The van der Waals surface area contributed by atoms with E-state index < -0.39 is 6.10 Å². The van der Waals surface area contributed by atoms with Gasteiger partial charge in [-0.3, -0.25) is 0 Å². The number of halogens is 1. The molecule has 2 aromatic carbocycles. The number of aliphatic hydroxyl groups is 1. The maximum atomic E-state index is 10.7. The molecule has 2 rings (SSSR count). The highest BCUT2D eigenvalue weighted by molar-refractivity contribution is 6.30. The summed E-state index contributed by atoms with van der Waals surface area (Å²) in [5.41, 5.74) is 10.0. The molecule has 3 heteroatoms. The van der Waals surface area contributed by atoms with Gasteiger partial charge in [0.15, 0.2) is 0 Å². The van der Waals surface area contributed by atoms with E-state index in [9.17, 15) is 5.11 Å². The van der Waals surface area contributed by atoms with Gasteiger partial charge in [-0.25, -0.2) is 0 Å². The van der Waals surface area contributed by atoms with Crippen LogP contribution >= 0.6 is 11.6 Å². The Hall–Kier alpha value is -1.35. The molecule has 0 heterocycles. The Morgan fingerprint density at radius 3 is 2.50 bits per heavy atom. The second-order valence-electron chi connectivity index (χ2n) is 5.20. The lowest BCUT2D eigenvalue weighted by Gasteiger charge is -2.24. The van der Waals surface area contributed by atoms with Crippen molar-refractivity contribution in [2.24, 2.45) is 5.73 Å². The highest BCUT2D eigenvalue weighted by Crippen LogP contribution is 2.33. The zero-order chi connectivity index (χ0) is 14.7. The van der Waals surface area contributed by atoms with Crippen LogP contribution in [0.1, 0.15) is 34.3 Å². The summed E-state index contributed by atoms with van der Waals surface area (Å²) in [6.45, 7) is 4.42. The highest BCUT2D eigenvalue weighted by Gasteiger charge is 2.23. The van der Waals surface area contributed by atoms with Gasteiger partial charge in [-0.05, 0) is 42.7 Å². The minimum absolute atomic E-state index is 0.157. The Balaban J connectivity index is 2.36. The van der Waals surface area contributed by atoms with Crippen LogP contribution in [0.5, 0.6) is 0 Å². The molecule has 0 aromatic heterocycles. The molecule has 0 aliphatic heterocycles. The van der Waals surface area contributed by atoms with Gasteiger partial charge in [-0.2, -0.15) is 0 Å². The van der Waals surface area contributed by atoms with E-state index in [0.717, 1.165) is 16.7 Å². The van der Waals surface area contributed by atoms with E-state index in [-0.39, 0.29) is 5.92 Å². The van der Waals surface area contributed by atoms with Crippen molar-refractivity contribution in [3.63, 3.8) is 0 Å². The first-order valence-electron chi connectivity index (χ1n) is 6.73. The van der Waals surface area contributed by atoms with E-state index in [1.54, 1.807) is 0 Å². The van der Waals surface area contributed by atoms with Crippen LogP contribution in [0.15, 0.2) is 42.5 Å². The van der Waals surface area contributed by atoms with Crippen molar-refractivity contribution in [2.45, 2.75) is 25.9 Å². The number of aryl methyl sites for hydroxylation is 2. The maximum Gasteiger partial charge on any atom is 0.0873 e. The standard InChI is InChI=1S/C17H20ClNO/c1-11-6-7-15(12(2)8-11)17(20)16(10-19)13-4-3-5-14(18)9-13/h3-9,16-17,20H,10,19H2,1-2H3. The van der Waals surface area contributed by atoms with Crippen LogP contribution in [0, 0.1) is 13.8 Å². The van der Waals surface area contributed by atoms with Gasteiger partial charge in [0, 0.05) is 17.5 Å². The quantitative estimate of drug-likeness (QED) is 0.901. The van der Waals surface area contributed by atoms with Crippen molar-refractivity contribution >= 4 is 11.6 Å². The Labute approximate surface area is 125 Å². The third kappa shape index (κ3) is 3.21. The first-order chi connectivity index (χ1) is 9.52. The molecule has 106 valence electrons. The molecule has 2 nitrogen and oxygen atoms in total. The average Bonchev–Trinajstić information content (AvgIpc) is 2.39. The zero-order valence-corrected chi connectivity index (χ0v) is 12.6. The second kappa shape index (κ2) is 6.40. The number of hydrogen-bond donors (Lipinski definition) is 2. The van der Waals surface area contributed by atoms with Crippen LogP contribution in [-0.2, 0) is 0 Å². The van der Waals surface area contributed by atoms with Crippen molar-refractivity contribution in [2.75, 3.05) is 6.54 Å². The van der Waals surface area contributed by atoms with E-state index in [2.05, 4.69) is 6.07 Å². The van der Waals surface area contributed by atoms with Crippen LogP contribution in [0.2, 0.25) is 5.02 Å². The van der Waals surface area contributed by atoms with Crippen molar-refractivity contribution in [1.82, 2.24) is 0 Å². The van der Waals surface area contributed by atoms with Gasteiger partial charge in [0.1, 0.15) is 0 Å². The van der Waals surface area contributed by atoms with E-state index in [0.29, 0.717) is 11.6 Å². The Bertz CT molecular complexity index is 597. The molecule has 20 heavy (non-hydrogen) atoms. The van der Waals surface area contributed by atoms with Gasteiger partial charge in [0.2, 0.25) is 0 Å². The fourth-order valence-electron chi connectivity index (χ4n) is 2.56. The van der Waals surface area contributed by atoms with E-state index in [1.165, 1.54) is 5.56 Å². The molecule has 0 radical (unpaired) electrons. The summed E-state index contributed by atoms with van der Waals surface area (Å²) in [5, 5.41) is 11.3. The van der Waals surface area contributed by atoms with Gasteiger partial charge >= 0.3 is 0 Å². The molecular formula is C17H20ClNO. The summed E-state index contributed by atoms with van der Waals surface area (Å²) in [4.78, 5) is 0. The number of aliphatic hydroxyl groups excluding tert-OH is 1. The van der Waals surface area contributed by atoms with Gasteiger partial charge in [0.05, 0.1) is 6.10 Å². The third-order valence-corrected chi connectivity index (χ3v) is 3.89. The SMILES string of the molecule is Cc1ccc(C(O)C(CN)c2cccc(Cl)c2)c(C)c1. The first-order valence-corrected chi connectivity index (χ1v) is 7.11. The molecule has 0 amide bonds. The summed E-state index contributed by atoms with van der Waals surface area (Å²) in [6, 6.07) is 13.6. The molecule has 0 fully saturated rings. The van der Waals surface area contributed by atoms with Crippen LogP contribution in [0.25, 0.3) is 0 Å². The molecule has 2 unspecified atom stereocenters. The summed E-state index contributed by atoms with van der Waals surface area (Å²) in [6.07, 6.45) is -0.626. The zero-order valence-electron chi connectivity index (χ0n) is 11.8. The van der Waals surface area contributed by atoms with Gasteiger partial charge < -0.3 is 10.8 Å². The fourth-order valence-corrected chi connectivity index (χ4v) is 2.76. The lowest BCUT2D eigenvalue weighted by Crippen LogP contribution is -2.20. The van der Waals surface area contributed by atoms with Crippen LogP contribution in [0.4, 0.5) is 0 Å². The molecule has 0 saturated carbocycles. The molecule has 0 aliphatic carbocycles. The molecule has 0 saturated heterocycles. The van der Waals surface area contributed by atoms with Crippen molar-refractivity contribution in [3.05, 3.63) is 69.7 Å². The van der Waals surface area contributed by atoms with Crippen LogP contribution < -0.4 is 5.73 Å². The lowest BCUT2D eigenvalue weighted by molar-refractivity contribution is 0.147. The number of benzene rings is 2. The first kappa shape index (κ1) is 15.0. The molecule has 0 spiro atoms. The number of rotatable bonds is 4. The van der Waals surface area contributed by atoms with Crippen molar-refractivity contribution in [3.8, 4) is 0 Å². The molecule has 2 atom stereocenters. The van der Waals surface area contributed by atoms with Crippen LogP contribution in [0.3, 0.4) is 0 Å². The predicted molar refractivity (Wildman–Crippen MR) is 84.1 cm³/mol. The van der Waals surface area contributed by atoms with E-state index >= 15 is 0 Å². The Morgan fingerprint density at radius 1 is 1.15 bits per heavy atom. The average molecular weight is 290 g/mol. The Kier molecular flexibility index (Phi) is 4.81. The van der Waals surface area contributed by atoms with E-state index in [1.807, 2.05) is 50.2 Å². The molecular weight excluding hydrogens is 270 g/mol. The van der Waals surface area contributed by atoms with Gasteiger partial charge in [0.25, 0.3) is 0 Å². The largest absolute Gasteiger partial charge is 0.388 e. The number of hydrogen-bond acceptors (Lipinski definition) is 2. The monoisotopic (exact) mass is 289 g/mol. The third-order valence-electron chi connectivity index (χ3n) is 3.66. The van der Waals surface area contributed by atoms with Crippen molar-refractivity contribution < 1.29 is 5.11 Å². The minimum atomic E-state index is -0.626. The molecule has 0 aliphatic rings. The molecule has 3 N–H and O–H groups in total. The minimum Gasteiger partial charge on any atom is -0.388 e. The maximum absolute atomic E-state index is 10.7. The molecule has 2 aromatic rings. The second-order valence-corrected chi connectivity index (χ2v) is 5.64. The molecule has 0 bridgehead atoms. The van der Waals surface area contributed by atoms with E-state index in [4.69, 9.17) is 17.3 Å². The van der Waals surface area contributed by atoms with Gasteiger partial charge in [-0.1, -0.05) is 47.5 Å². The van der Waals surface area contributed by atoms with Crippen LogP contribution in [-0.4, -0.2) is 11.7 Å². The predicted octanol–water partition coefficient (Wildman–Crippen LogP) is 3.73.